The molecule has 1 N–H and O–H groups in total. The fourth-order valence-electron chi connectivity index (χ4n) is 0.330. The number of rotatable bonds is 3. The maximum atomic E-state index is 10.00. The fraction of sp³-hybridized carbons (Fsp3) is 0. The molecule has 0 unspecified atom stereocenters. The smallest absolute Gasteiger partial charge is 0.153 e. The molecule has 0 aliphatic carbocycles. The SMILES string of the molecule is C=C/C=C(/C=O)C(=C)O. The highest BCUT2D eigenvalue weighted by molar-refractivity contribution is 5.79. The summed E-state index contributed by atoms with van der Waals surface area (Å²) in [6, 6.07) is 0. The number of hydrogen-bond acceptors (Lipinski definition) is 2. The third-order valence-electron chi connectivity index (χ3n) is 0.758. The van der Waals surface area contributed by atoms with Crippen LogP contribution in [0.2, 0.25) is 0 Å². The van der Waals surface area contributed by atoms with Crippen LogP contribution in [0.1, 0.15) is 0 Å². The van der Waals surface area contributed by atoms with E-state index in [1.165, 1.54) is 12.2 Å². The van der Waals surface area contributed by atoms with Crippen molar-refractivity contribution in [3.05, 3.63) is 36.6 Å². The van der Waals surface area contributed by atoms with Crippen molar-refractivity contribution in [1.82, 2.24) is 0 Å². The first-order valence-electron chi connectivity index (χ1n) is 2.38. The molecule has 0 aromatic carbocycles. The van der Waals surface area contributed by atoms with Crippen molar-refractivity contribution in [3.8, 4) is 0 Å². The molecule has 0 amide bonds. The van der Waals surface area contributed by atoms with Crippen LogP contribution in [0, 0.1) is 0 Å². The molecule has 0 rings (SSSR count). The Balaban J connectivity index is 4.32. The monoisotopic (exact) mass is 124 g/mol. The normalized spacial score (nSPS) is 10.4. The summed E-state index contributed by atoms with van der Waals surface area (Å²) in [6.45, 7) is 6.50. The highest BCUT2D eigenvalue weighted by Gasteiger charge is 1.93. The number of aliphatic hydroxyl groups excluding tert-OH is 1. The predicted octanol–water partition coefficient (Wildman–Crippen LogP) is 1.37. The summed E-state index contributed by atoms with van der Waals surface area (Å²) in [5.41, 5.74) is 0.157. The van der Waals surface area contributed by atoms with Gasteiger partial charge in [0.05, 0.1) is 5.57 Å². The van der Waals surface area contributed by atoms with Gasteiger partial charge in [-0.3, -0.25) is 4.79 Å². The predicted molar refractivity (Wildman–Crippen MR) is 36.1 cm³/mol. The topological polar surface area (TPSA) is 37.3 Å². The maximum Gasteiger partial charge on any atom is 0.153 e. The van der Waals surface area contributed by atoms with Crippen molar-refractivity contribution in [1.29, 1.82) is 0 Å². The molecule has 0 fully saturated rings. The molecule has 0 radical (unpaired) electrons. The maximum absolute atomic E-state index is 10.00. The van der Waals surface area contributed by atoms with E-state index in [9.17, 15) is 4.79 Å². The Bertz CT molecular complexity index is 166. The van der Waals surface area contributed by atoms with E-state index in [4.69, 9.17) is 5.11 Å². The minimum absolute atomic E-state index is 0.157. The summed E-state index contributed by atoms with van der Waals surface area (Å²) in [5, 5.41) is 8.60. The summed E-state index contributed by atoms with van der Waals surface area (Å²) < 4.78 is 0. The molecule has 0 aromatic heterocycles. The van der Waals surface area contributed by atoms with Crippen LogP contribution >= 0.6 is 0 Å². The Morgan fingerprint density at radius 3 is 2.22 bits per heavy atom. The van der Waals surface area contributed by atoms with Gasteiger partial charge in [0.15, 0.2) is 6.29 Å². The van der Waals surface area contributed by atoms with Gasteiger partial charge in [-0.2, -0.15) is 0 Å². The van der Waals surface area contributed by atoms with Crippen LogP contribution in [-0.4, -0.2) is 11.4 Å². The highest BCUT2D eigenvalue weighted by Crippen LogP contribution is 1.98. The van der Waals surface area contributed by atoms with E-state index in [1.54, 1.807) is 0 Å². The molecule has 0 saturated carbocycles. The van der Waals surface area contributed by atoms with Gasteiger partial charge < -0.3 is 5.11 Å². The zero-order valence-corrected chi connectivity index (χ0v) is 5.00. The van der Waals surface area contributed by atoms with Crippen molar-refractivity contribution < 1.29 is 9.90 Å². The molecule has 0 aliphatic heterocycles. The van der Waals surface area contributed by atoms with Gasteiger partial charge in [0.1, 0.15) is 5.76 Å². The lowest BCUT2D eigenvalue weighted by atomic mass is 10.2. The molecule has 9 heavy (non-hydrogen) atoms. The molecule has 0 aromatic rings. The van der Waals surface area contributed by atoms with Gasteiger partial charge in [0.2, 0.25) is 0 Å². The highest BCUT2D eigenvalue weighted by atomic mass is 16.3. The Labute approximate surface area is 53.8 Å². The Morgan fingerprint density at radius 2 is 2.11 bits per heavy atom. The second-order valence-electron chi connectivity index (χ2n) is 1.42. The second kappa shape index (κ2) is 3.66. The lowest BCUT2D eigenvalue weighted by Gasteiger charge is -1.90. The fourth-order valence-corrected chi connectivity index (χ4v) is 0.330. The minimum atomic E-state index is -0.232. The molecule has 0 atom stereocenters. The van der Waals surface area contributed by atoms with Crippen LogP contribution in [0.5, 0.6) is 0 Å². The van der Waals surface area contributed by atoms with Gasteiger partial charge in [-0.25, -0.2) is 0 Å². The second-order valence-corrected chi connectivity index (χ2v) is 1.42. The van der Waals surface area contributed by atoms with Crippen LogP contribution in [0.3, 0.4) is 0 Å². The lowest BCUT2D eigenvalue weighted by Crippen LogP contribution is -1.86. The van der Waals surface area contributed by atoms with Crippen LogP contribution in [0.25, 0.3) is 0 Å². The third kappa shape index (κ3) is 2.49. The summed E-state index contributed by atoms with van der Waals surface area (Å²) >= 11 is 0. The third-order valence-corrected chi connectivity index (χ3v) is 0.758. The van der Waals surface area contributed by atoms with Crippen molar-refractivity contribution in [3.63, 3.8) is 0 Å². The molecule has 0 aliphatic rings. The van der Waals surface area contributed by atoms with Crippen LogP contribution < -0.4 is 0 Å². The Morgan fingerprint density at radius 1 is 1.56 bits per heavy atom. The molecule has 0 spiro atoms. The number of aliphatic hydroxyl groups is 1. The van der Waals surface area contributed by atoms with Crippen molar-refractivity contribution in [2.24, 2.45) is 0 Å². The van der Waals surface area contributed by atoms with E-state index in [0.717, 1.165) is 0 Å². The van der Waals surface area contributed by atoms with Gasteiger partial charge in [-0.15, -0.1) is 0 Å². The Kier molecular flexibility index (Phi) is 3.13. The van der Waals surface area contributed by atoms with Crippen LogP contribution in [0.15, 0.2) is 36.6 Å². The standard InChI is InChI=1S/C7H8O2/c1-3-4-7(5-8)6(2)9/h3-5,9H,1-2H2/b7-4-. The average Bonchev–Trinajstić information content (AvgIpc) is 1.82. The molecule has 48 valence electrons. The van der Waals surface area contributed by atoms with Gasteiger partial charge in [-0.1, -0.05) is 19.2 Å². The lowest BCUT2D eigenvalue weighted by molar-refractivity contribution is -0.104. The molecule has 0 bridgehead atoms. The zero-order valence-electron chi connectivity index (χ0n) is 5.00. The van der Waals surface area contributed by atoms with Crippen LogP contribution in [0.4, 0.5) is 0 Å². The van der Waals surface area contributed by atoms with E-state index < -0.39 is 0 Å². The van der Waals surface area contributed by atoms with E-state index in [-0.39, 0.29) is 11.3 Å². The first-order chi connectivity index (χ1) is 4.22. The van der Waals surface area contributed by atoms with E-state index in [2.05, 4.69) is 13.2 Å². The summed E-state index contributed by atoms with van der Waals surface area (Å²) in [4.78, 5) is 10.00. The van der Waals surface area contributed by atoms with Crippen molar-refractivity contribution >= 4 is 6.29 Å². The summed E-state index contributed by atoms with van der Waals surface area (Å²) in [7, 11) is 0. The minimum Gasteiger partial charge on any atom is -0.508 e. The summed E-state index contributed by atoms with van der Waals surface area (Å²) in [5.74, 6) is -0.232. The number of hydrogen-bond donors (Lipinski definition) is 1. The van der Waals surface area contributed by atoms with E-state index in [1.807, 2.05) is 0 Å². The van der Waals surface area contributed by atoms with Gasteiger partial charge >= 0.3 is 0 Å². The molecule has 0 saturated heterocycles. The molecule has 0 heterocycles. The number of aldehydes is 1. The zero-order chi connectivity index (χ0) is 7.28. The number of allylic oxidation sites excluding steroid dienone is 3. The molecular weight excluding hydrogens is 116 g/mol. The quantitative estimate of drug-likeness (QED) is 0.267. The summed E-state index contributed by atoms with van der Waals surface area (Å²) in [6.07, 6.45) is 3.31. The average molecular weight is 124 g/mol. The van der Waals surface area contributed by atoms with Gasteiger partial charge in [0.25, 0.3) is 0 Å². The molecule has 2 nitrogen and oxygen atoms in total. The van der Waals surface area contributed by atoms with E-state index >= 15 is 0 Å². The van der Waals surface area contributed by atoms with Crippen molar-refractivity contribution in [2.75, 3.05) is 0 Å². The van der Waals surface area contributed by atoms with Gasteiger partial charge in [0, 0.05) is 0 Å². The van der Waals surface area contributed by atoms with Gasteiger partial charge in [-0.05, 0) is 6.08 Å². The Hall–Kier alpha value is -1.31. The number of carbonyl (C=O) groups is 1. The molecular formula is C7H8O2. The first kappa shape index (κ1) is 7.69. The molecule has 2 heteroatoms. The number of carbonyl (C=O) groups excluding carboxylic acids is 1. The van der Waals surface area contributed by atoms with Crippen LogP contribution in [-0.2, 0) is 4.79 Å². The largest absolute Gasteiger partial charge is 0.508 e. The first-order valence-corrected chi connectivity index (χ1v) is 2.38. The van der Waals surface area contributed by atoms with Crippen molar-refractivity contribution in [2.45, 2.75) is 0 Å². The van der Waals surface area contributed by atoms with E-state index in [0.29, 0.717) is 6.29 Å².